The van der Waals surface area contributed by atoms with Crippen LogP contribution in [0.25, 0.3) is 0 Å². The summed E-state index contributed by atoms with van der Waals surface area (Å²) in [6.45, 7) is 16.9. The predicted molar refractivity (Wildman–Crippen MR) is 109 cm³/mol. The number of carbonyl (C=O) groups is 3. The molecule has 0 bridgehead atoms. The lowest BCUT2D eigenvalue weighted by Crippen LogP contribution is -2.41. The summed E-state index contributed by atoms with van der Waals surface area (Å²) in [6.07, 6.45) is 0.177. The third-order valence-electron chi connectivity index (χ3n) is 3.70. The van der Waals surface area contributed by atoms with Crippen LogP contribution < -0.4 is 10.6 Å². The Balaban J connectivity index is 3.32. The van der Waals surface area contributed by atoms with Gasteiger partial charge in [0.2, 0.25) is 0 Å². The minimum atomic E-state index is -0.489. The highest BCUT2D eigenvalue weighted by atomic mass is 16.2. The fourth-order valence-electron chi connectivity index (χ4n) is 2.33. The molecule has 150 valence electrons. The number of carbonyl (C=O) groups excluding carboxylic acids is 3. The highest BCUT2D eigenvalue weighted by Crippen LogP contribution is 2.20. The van der Waals surface area contributed by atoms with Crippen molar-refractivity contribution in [3.8, 4) is 0 Å². The van der Waals surface area contributed by atoms with Gasteiger partial charge in [0.25, 0.3) is 11.8 Å². The van der Waals surface area contributed by atoms with Crippen molar-refractivity contribution in [3.63, 3.8) is 0 Å². The summed E-state index contributed by atoms with van der Waals surface area (Å²) in [7, 11) is 0. The van der Waals surface area contributed by atoms with Gasteiger partial charge in [-0.1, -0.05) is 20.8 Å². The fourth-order valence-corrected chi connectivity index (χ4v) is 2.33. The zero-order valence-electron chi connectivity index (χ0n) is 18.2. The van der Waals surface area contributed by atoms with Gasteiger partial charge < -0.3 is 10.6 Å². The van der Waals surface area contributed by atoms with Crippen LogP contribution in [0.5, 0.6) is 0 Å². The molecule has 5 nitrogen and oxygen atoms in total. The van der Waals surface area contributed by atoms with E-state index in [4.69, 9.17) is 0 Å². The number of ketones is 1. The molecule has 0 saturated carbocycles. The summed E-state index contributed by atoms with van der Waals surface area (Å²) in [5, 5.41) is 5.81. The Morgan fingerprint density at radius 3 is 1.37 bits per heavy atom. The lowest BCUT2D eigenvalue weighted by atomic mass is 9.86. The molecular weight excluding hydrogens is 340 g/mol. The van der Waals surface area contributed by atoms with E-state index >= 15 is 0 Å². The lowest BCUT2D eigenvalue weighted by Gasteiger charge is -2.23. The predicted octanol–water partition coefficient (Wildman–Crippen LogP) is 3.90. The molecule has 2 amide bonds. The Labute approximate surface area is 163 Å². The van der Waals surface area contributed by atoms with E-state index < -0.39 is 16.5 Å². The molecule has 0 spiro atoms. The van der Waals surface area contributed by atoms with Crippen LogP contribution in [0.3, 0.4) is 0 Å². The monoisotopic (exact) mass is 374 g/mol. The number of benzene rings is 1. The molecule has 0 fully saturated rings. The number of Topliss-reactive ketones (excluding diaryl/α,β-unsaturated/α-hetero) is 1. The third-order valence-corrected chi connectivity index (χ3v) is 3.70. The van der Waals surface area contributed by atoms with Crippen LogP contribution in [-0.2, 0) is 11.2 Å². The Bertz CT molecular complexity index is 683. The van der Waals surface area contributed by atoms with Crippen molar-refractivity contribution in [2.45, 2.75) is 79.8 Å². The number of amides is 2. The zero-order valence-corrected chi connectivity index (χ0v) is 18.2. The first-order valence-corrected chi connectivity index (χ1v) is 9.30. The van der Waals surface area contributed by atoms with Crippen molar-refractivity contribution in [2.24, 2.45) is 5.41 Å². The van der Waals surface area contributed by atoms with Gasteiger partial charge in [-0.2, -0.15) is 0 Å². The highest BCUT2D eigenvalue weighted by Gasteiger charge is 2.24. The van der Waals surface area contributed by atoms with Crippen molar-refractivity contribution < 1.29 is 14.4 Å². The van der Waals surface area contributed by atoms with E-state index in [0.717, 1.165) is 0 Å². The van der Waals surface area contributed by atoms with Gasteiger partial charge in [-0.25, -0.2) is 0 Å². The van der Waals surface area contributed by atoms with Gasteiger partial charge in [0.05, 0.1) is 0 Å². The maximum Gasteiger partial charge on any atom is 0.251 e. The normalized spacial score (nSPS) is 12.5. The Morgan fingerprint density at radius 2 is 1.07 bits per heavy atom. The first kappa shape index (κ1) is 22.9. The van der Waals surface area contributed by atoms with Gasteiger partial charge in [0.15, 0.2) is 0 Å². The summed E-state index contributed by atoms with van der Waals surface area (Å²) < 4.78 is 0. The second kappa shape index (κ2) is 7.83. The molecular formula is C22H34N2O3. The second-order valence-corrected chi connectivity index (χ2v) is 10.2. The minimum absolute atomic E-state index is 0.0538. The van der Waals surface area contributed by atoms with E-state index in [1.54, 1.807) is 18.2 Å². The maximum atomic E-state index is 12.6. The van der Waals surface area contributed by atoms with Crippen LogP contribution in [0.15, 0.2) is 18.2 Å². The van der Waals surface area contributed by atoms with Crippen molar-refractivity contribution in [1.29, 1.82) is 0 Å². The first-order chi connectivity index (χ1) is 12.0. The Morgan fingerprint density at radius 1 is 0.704 bits per heavy atom. The van der Waals surface area contributed by atoms with Crippen molar-refractivity contribution in [3.05, 3.63) is 34.9 Å². The summed E-state index contributed by atoms with van der Waals surface area (Å²) in [4.78, 5) is 37.7. The molecule has 1 aromatic rings. The van der Waals surface area contributed by atoms with Gasteiger partial charge in [-0.05, 0) is 65.3 Å². The summed E-state index contributed by atoms with van der Waals surface area (Å²) in [5.74, 6) is -0.479. The van der Waals surface area contributed by atoms with Crippen LogP contribution in [0.2, 0.25) is 0 Å². The Hall–Kier alpha value is -2.17. The van der Waals surface area contributed by atoms with Gasteiger partial charge in [0, 0.05) is 34.0 Å². The molecule has 0 aliphatic heterocycles. The van der Waals surface area contributed by atoms with Crippen LogP contribution >= 0.6 is 0 Å². The van der Waals surface area contributed by atoms with Crippen molar-refractivity contribution in [1.82, 2.24) is 10.6 Å². The lowest BCUT2D eigenvalue weighted by molar-refractivity contribution is -0.125. The Kier molecular flexibility index (Phi) is 6.63. The SMILES string of the molecule is CC(C)(C)NC(=O)c1cc(CC(=O)C(C)(C)C)cc(C(=O)NC(C)(C)C)c1. The molecule has 5 heteroatoms. The molecule has 1 aromatic carbocycles. The average molecular weight is 375 g/mol. The van der Waals surface area contributed by atoms with Crippen LogP contribution in [0.1, 0.15) is 88.6 Å². The molecule has 27 heavy (non-hydrogen) atoms. The second-order valence-electron chi connectivity index (χ2n) is 10.2. The number of nitrogens with one attached hydrogen (secondary N) is 2. The van der Waals surface area contributed by atoms with E-state index in [0.29, 0.717) is 16.7 Å². The summed E-state index contributed by atoms with van der Waals surface area (Å²) in [5.41, 5.74) is 0.129. The van der Waals surface area contributed by atoms with Crippen molar-refractivity contribution >= 4 is 17.6 Å². The molecule has 2 N–H and O–H groups in total. The topological polar surface area (TPSA) is 75.3 Å². The molecule has 0 heterocycles. The smallest absolute Gasteiger partial charge is 0.251 e. The number of hydrogen-bond donors (Lipinski definition) is 2. The summed E-state index contributed by atoms with van der Waals surface area (Å²) in [6, 6.07) is 4.96. The largest absolute Gasteiger partial charge is 0.347 e. The van der Waals surface area contributed by atoms with Gasteiger partial charge in [-0.15, -0.1) is 0 Å². The van der Waals surface area contributed by atoms with Crippen LogP contribution in [-0.4, -0.2) is 28.7 Å². The van der Waals surface area contributed by atoms with Crippen molar-refractivity contribution in [2.75, 3.05) is 0 Å². The van der Waals surface area contributed by atoms with E-state index in [1.165, 1.54) is 0 Å². The molecule has 0 radical (unpaired) electrons. The molecule has 1 rings (SSSR count). The van der Waals surface area contributed by atoms with Gasteiger partial charge in [-0.3, -0.25) is 14.4 Å². The van der Waals surface area contributed by atoms with Gasteiger partial charge in [0.1, 0.15) is 5.78 Å². The van der Waals surface area contributed by atoms with E-state index in [-0.39, 0.29) is 24.0 Å². The standard InChI is InChI=1S/C22H34N2O3/c1-20(2,3)17(25)12-14-10-15(18(26)23-21(4,5)6)13-16(11-14)19(27)24-22(7,8)9/h10-11,13H,12H2,1-9H3,(H,23,26)(H,24,27). The van der Waals surface area contributed by atoms with Gasteiger partial charge >= 0.3 is 0 Å². The molecule has 0 aromatic heterocycles. The first-order valence-electron chi connectivity index (χ1n) is 9.30. The average Bonchev–Trinajstić information content (AvgIpc) is 2.42. The fraction of sp³-hybridized carbons (Fsp3) is 0.591. The number of hydrogen-bond acceptors (Lipinski definition) is 3. The molecule has 0 unspecified atom stereocenters. The molecule has 0 aliphatic rings. The van der Waals surface area contributed by atoms with E-state index in [9.17, 15) is 14.4 Å². The summed E-state index contributed by atoms with van der Waals surface area (Å²) >= 11 is 0. The minimum Gasteiger partial charge on any atom is -0.347 e. The molecule has 0 aliphatic carbocycles. The molecule has 0 saturated heterocycles. The number of rotatable bonds is 4. The molecule has 0 atom stereocenters. The maximum absolute atomic E-state index is 12.6. The van der Waals surface area contributed by atoms with Crippen LogP contribution in [0, 0.1) is 5.41 Å². The van der Waals surface area contributed by atoms with E-state index in [2.05, 4.69) is 10.6 Å². The quantitative estimate of drug-likeness (QED) is 0.839. The highest BCUT2D eigenvalue weighted by molar-refractivity contribution is 6.01. The van der Waals surface area contributed by atoms with Crippen LogP contribution in [0.4, 0.5) is 0 Å². The third kappa shape index (κ3) is 7.94. The van der Waals surface area contributed by atoms with E-state index in [1.807, 2.05) is 62.3 Å². The zero-order chi connectivity index (χ0) is 21.2.